The zero-order valence-corrected chi connectivity index (χ0v) is 19.8. The lowest BCUT2D eigenvalue weighted by Gasteiger charge is -2.44. The van der Waals surface area contributed by atoms with Crippen LogP contribution >= 0.6 is 0 Å². The maximum absolute atomic E-state index is 11.3. The van der Waals surface area contributed by atoms with Crippen LogP contribution in [-0.4, -0.2) is 53.9 Å². The smallest absolute Gasteiger partial charge is 0.115 e. The lowest BCUT2D eigenvalue weighted by atomic mass is 9.93. The van der Waals surface area contributed by atoms with Gasteiger partial charge in [-0.15, -0.1) is 0 Å². The van der Waals surface area contributed by atoms with Gasteiger partial charge >= 0.3 is 0 Å². The first-order valence-electron chi connectivity index (χ1n) is 12.1. The van der Waals surface area contributed by atoms with Gasteiger partial charge in [-0.05, 0) is 23.1 Å². The average molecular weight is 479 g/mol. The van der Waals surface area contributed by atoms with E-state index < -0.39 is 30.5 Å². The first-order chi connectivity index (χ1) is 17.2. The van der Waals surface area contributed by atoms with E-state index >= 15 is 0 Å². The summed E-state index contributed by atoms with van der Waals surface area (Å²) >= 11 is 0. The molecule has 0 spiro atoms. The van der Waals surface area contributed by atoms with Gasteiger partial charge in [-0.2, -0.15) is 0 Å². The molecule has 0 amide bonds. The van der Waals surface area contributed by atoms with Crippen LogP contribution in [0.1, 0.15) is 23.1 Å². The quantitative estimate of drug-likeness (QED) is 0.411. The van der Waals surface area contributed by atoms with Crippen molar-refractivity contribution in [3.8, 4) is 0 Å². The molecule has 1 saturated heterocycles. The van der Waals surface area contributed by atoms with Gasteiger partial charge in [-0.1, -0.05) is 91.0 Å². The van der Waals surface area contributed by atoms with Crippen molar-refractivity contribution < 1.29 is 29.2 Å². The largest absolute Gasteiger partial charge is 0.396 e. The normalized spacial score (nSPS) is 24.3. The summed E-state index contributed by atoms with van der Waals surface area (Å²) in [5.41, 5.74) is 3.06. The molecule has 35 heavy (non-hydrogen) atoms. The SMILES string of the molecule is OCC[C@H]1O[C@H](COCc2ccccc2)[C@@H](O)[C@H](OCc2ccccc2)[C@@H]1OCc1ccccc1. The summed E-state index contributed by atoms with van der Waals surface area (Å²) in [5, 5.41) is 21.0. The van der Waals surface area contributed by atoms with Gasteiger partial charge in [0.1, 0.15) is 24.4 Å². The predicted octanol–water partition coefficient (Wildman–Crippen LogP) is 3.88. The Balaban J connectivity index is 1.47. The summed E-state index contributed by atoms with van der Waals surface area (Å²) in [6.07, 6.45) is -2.83. The minimum absolute atomic E-state index is 0.0606. The summed E-state index contributed by atoms with van der Waals surface area (Å²) in [5.74, 6) is 0. The second kappa shape index (κ2) is 13.5. The average Bonchev–Trinajstić information content (AvgIpc) is 2.90. The Morgan fingerprint density at radius 3 is 1.63 bits per heavy atom. The summed E-state index contributed by atoms with van der Waals surface area (Å²) in [7, 11) is 0. The fourth-order valence-electron chi connectivity index (χ4n) is 4.29. The van der Waals surface area contributed by atoms with Gasteiger partial charge in [0.05, 0.1) is 32.5 Å². The molecule has 186 valence electrons. The number of ether oxygens (including phenoxy) is 4. The van der Waals surface area contributed by atoms with E-state index in [0.29, 0.717) is 26.2 Å². The topological polar surface area (TPSA) is 77.4 Å². The predicted molar refractivity (Wildman–Crippen MR) is 133 cm³/mol. The van der Waals surface area contributed by atoms with E-state index in [9.17, 15) is 10.2 Å². The van der Waals surface area contributed by atoms with Crippen LogP contribution in [0.25, 0.3) is 0 Å². The van der Waals surface area contributed by atoms with Crippen molar-refractivity contribution >= 4 is 0 Å². The minimum Gasteiger partial charge on any atom is -0.396 e. The molecule has 3 aromatic carbocycles. The molecule has 1 aliphatic rings. The van der Waals surface area contributed by atoms with E-state index in [0.717, 1.165) is 16.7 Å². The lowest BCUT2D eigenvalue weighted by Crippen LogP contribution is -2.60. The van der Waals surface area contributed by atoms with Crippen LogP contribution in [-0.2, 0) is 38.8 Å². The molecule has 0 bridgehead atoms. The van der Waals surface area contributed by atoms with E-state index in [1.807, 2.05) is 91.0 Å². The van der Waals surface area contributed by atoms with Crippen LogP contribution < -0.4 is 0 Å². The molecule has 4 rings (SSSR count). The van der Waals surface area contributed by atoms with Gasteiger partial charge in [0.15, 0.2) is 0 Å². The minimum atomic E-state index is -0.954. The zero-order chi connectivity index (χ0) is 24.3. The number of rotatable bonds is 12. The first-order valence-corrected chi connectivity index (χ1v) is 12.1. The van der Waals surface area contributed by atoms with Crippen molar-refractivity contribution in [2.75, 3.05) is 13.2 Å². The van der Waals surface area contributed by atoms with Crippen LogP contribution in [0.3, 0.4) is 0 Å². The third-order valence-electron chi connectivity index (χ3n) is 6.14. The van der Waals surface area contributed by atoms with E-state index in [-0.39, 0.29) is 13.2 Å². The highest BCUT2D eigenvalue weighted by Crippen LogP contribution is 2.29. The molecular formula is C29H34O6. The van der Waals surface area contributed by atoms with E-state index in [2.05, 4.69) is 0 Å². The van der Waals surface area contributed by atoms with Gasteiger partial charge < -0.3 is 29.2 Å². The Kier molecular flexibility index (Phi) is 9.84. The number of benzene rings is 3. The molecule has 0 unspecified atom stereocenters. The Labute approximate surface area is 207 Å². The maximum atomic E-state index is 11.3. The molecule has 1 fully saturated rings. The Morgan fingerprint density at radius 2 is 1.11 bits per heavy atom. The van der Waals surface area contributed by atoms with Gasteiger partial charge in [0.2, 0.25) is 0 Å². The molecular weight excluding hydrogens is 444 g/mol. The monoisotopic (exact) mass is 478 g/mol. The summed E-state index contributed by atoms with van der Waals surface area (Å²) < 4.78 is 24.6. The van der Waals surface area contributed by atoms with Gasteiger partial charge in [0.25, 0.3) is 0 Å². The van der Waals surface area contributed by atoms with Crippen LogP contribution in [0.15, 0.2) is 91.0 Å². The standard InChI is InChI=1S/C29H34O6/c30-17-16-25-28(33-19-23-12-6-2-7-13-23)29(34-20-24-14-8-3-9-15-24)27(31)26(35-25)21-32-18-22-10-4-1-5-11-22/h1-15,25-31H,16-21H2/t25-,26-,27-,28-,29+/m1/s1. The summed E-state index contributed by atoms with van der Waals surface area (Å²) in [6.45, 7) is 1.24. The maximum Gasteiger partial charge on any atom is 0.115 e. The van der Waals surface area contributed by atoms with Crippen LogP contribution in [0.4, 0.5) is 0 Å². The van der Waals surface area contributed by atoms with E-state index in [4.69, 9.17) is 18.9 Å². The number of aliphatic hydroxyl groups excluding tert-OH is 2. The van der Waals surface area contributed by atoms with Crippen molar-refractivity contribution in [1.29, 1.82) is 0 Å². The molecule has 0 aromatic heterocycles. The Morgan fingerprint density at radius 1 is 0.629 bits per heavy atom. The first kappa shape index (κ1) is 25.5. The molecule has 6 nitrogen and oxygen atoms in total. The number of hydrogen-bond acceptors (Lipinski definition) is 6. The van der Waals surface area contributed by atoms with Crippen LogP contribution in [0.2, 0.25) is 0 Å². The molecule has 2 N–H and O–H groups in total. The fourth-order valence-corrected chi connectivity index (χ4v) is 4.29. The third-order valence-corrected chi connectivity index (χ3v) is 6.14. The highest BCUT2D eigenvalue weighted by Gasteiger charge is 2.46. The Hall–Kier alpha value is -2.58. The van der Waals surface area contributed by atoms with Crippen molar-refractivity contribution in [1.82, 2.24) is 0 Å². The van der Waals surface area contributed by atoms with Crippen molar-refractivity contribution in [2.45, 2.75) is 56.8 Å². The second-order valence-electron chi connectivity index (χ2n) is 8.74. The molecule has 1 heterocycles. The van der Waals surface area contributed by atoms with Gasteiger partial charge in [-0.25, -0.2) is 0 Å². The summed E-state index contributed by atoms with van der Waals surface area (Å²) in [4.78, 5) is 0. The molecule has 0 aliphatic carbocycles. The van der Waals surface area contributed by atoms with E-state index in [1.54, 1.807) is 0 Å². The number of aliphatic hydroxyl groups is 2. The molecule has 0 radical (unpaired) electrons. The highest BCUT2D eigenvalue weighted by molar-refractivity contribution is 5.15. The summed E-state index contributed by atoms with van der Waals surface area (Å²) in [6, 6.07) is 29.5. The molecule has 6 heteroatoms. The van der Waals surface area contributed by atoms with Gasteiger partial charge in [0, 0.05) is 6.61 Å². The van der Waals surface area contributed by atoms with Crippen molar-refractivity contribution in [3.63, 3.8) is 0 Å². The fraction of sp³-hybridized carbons (Fsp3) is 0.379. The molecule has 3 aromatic rings. The molecule has 0 saturated carbocycles. The van der Waals surface area contributed by atoms with Crippen LogP contribution in [0.5, 0.6) is 0 Å². The molecule has 1 aliphatic heterocycles. The van der Waals surface area contributed by atoms with Crippen LogP contribution in [0, 0.1) is 0 Å². The molecule has 5 atom stereocenters. The van der Waals surface area contributed by atoms with Crippen molar-refractivity contribution in [3.05, 3.63) is 108 Å². The van der Waals surface area contributed by atoms with Gasteiger partial charge in [-0.3, -0.25) is 0 Å². The highest BCUT2D eigenvalue weighted by atomic mass is 16.6. The van der Waals surface area contributed by atoms with Crippen molar-refractivity contribution in [2.24, 2.45) is 0 Å². The lowest BCUT2D eigenvalue weighted by molar-refractivity contribution is -0.262. The zero-order valence-electron chi connectivity index (χ0n) is 19.8. The second-order valence-corrected chi connectivity index (χ2v) is 8.74. The third kappa shape index (κ3) is 7.45. The van der Waals surface area contributed by atoms with E-state index in [1.165, 1.54) is 0 Å². The number of hydrogen-bond donors (Lipinski definition) is 2. The Bertz CT molecular complexity index is 968.